The van der Waals surface area contributed by atoms with E-state index in [4.69, 9.17) is 4.98 Å². The van der Waals surface area contributed by atoms with E-state index in [1.165, 1.54) is 5.56 Å². The van der Waals surface area contributed by atoms with Crippen LogP contribution >= 0.6 is 0 Å². The highest BCUT2D eigenvalue weighted by Gasteiger charge is 2.20. The molecule has 1 aliphatic rings. The molecule has 32 heavy (non-hydrogen) atoms. The van der Waals surface area contributed by atoms with Crippen LogP contribution in [-0.2, 0) is 6.54 Å². The quantitative estimate of drug-likeness (QED) is 0.446. The molecule has 0 amide bonds. The first-order valence-electron chi connectivity index (χ1n) is 11.2. The lowest BCUT2D eigenvalue weighted by molar-refractivity contribution is 0.211. The molecule has 5 rings (SSSR count). The molecule has 0 saturated carbocycles. The van der Waals surface area contributed by atoms with E-state index in [1.54, 1.807) is 0 Å². The molecule has 6 heteroatoms. The second-order valence-corrected chi connectivity index (χ2v) is 8.40. The molecule has 6 nitrogen and oxygen atoms in total. The number of pyridine rings is 1. The zero-order valence-corrected chi connectivity index (χ0v) is 18.3. The molecule has 1 fully saturated rings. The summed E-state index contributed by atoms with van der Waals surface area (Å²) in [5.74, 6) is 2.20. The molecule has 3 heterocycles. The van der Waals surface area contributed by atoms with Gasteiger partial charge in [0.25, 0.3) is 0 Å². The maximum absolute atomic E-state index is 4.73. The van der Waals surface area contributed by atoms with Gasteiger partial charge in [-0.3, -0.25) is 4.90 Å². The summed E-state index contributed by atoms with van der Waals surface area (Å²) in [5.41, 5.74) is 2.30. The van der Waals surface area contributed by atoms with E-state index in [-0.39, 0.29) is 0 Å². The Bertz CT molecular complexity index is 1180. The van der Waals surface area contributed by atoms with Crippen molar-refractivity contribution in [3.8, 4) is 0 Å². The number of likely N-dealkylation sites (tertiary alicyclic amines) is 1. The number of nitrogens with one attached hydrogen (secondary N) is 2. The van der Waals surface area contributed by atoms with Crippen LogP contribution in [0.5, 0.6) is 0 Å². The third-order valence-corrected chi connectivity index (χ3v) is 5.95. The summed E-state index contributed by atoms with van der Waals surface area (Å²) in [5, 5.41) is 9.14. The molecule has 2 N–H and O–H groups in total. The predicted molar refractivity (Wildman–Crippen MR) is 130 cm³/mol. The van der Waals surface area contributed by atoms with Crippen LogP contribution in [0.25, 0.3) is 10.8 Å². The van der Waals surface area contributed by atoms with Crippen molar-refractivity contribution in [1.29, 1.82) is 0 Å². The van der Waals surface area contributed by atoms with Gasteiger partial charge in [-0.05, 0) is 36.8 Å². The van der Waals surface area contributed by atoms with E-state index in [9.17, 15) is 0 Å². The normalized spacial score (nSPS) is 15.0. The average Bonchev–Trinajstić information content (AvgIpc) is 2.81. The number of benzene rings is 2. The van der Waals surface area contributed by atoms with Crippen LogP contribution in [-0.4, -0.2) is 39.0 Å². The number of rotatable bonds is 6. The maximum atomic E-state index is 4.73. The number of hydrogen-bond donors (Lipinski definition) is 2. The molecule has 2 aromatic heterocycles. The summed E-state index contributed by atoms with van der Waals surface area (Å²) in [6.45, 7) is 5.19. The maximum Gasteiger partial charge on any atom is 0.230 e. The van der Waals surface area contributed by atoms with Gasteiger partial charge in [0.1, 0.15) is 11.6 Å². The van der Waals surface area contributed by atoms with Crippen LogP contribution in [0, 0.1) is 6.92 Å². The summed E-state index contributed by atoms with van der Waals surface area (Å²) < 4.78 is 0. The number of fused-ring (bicyclic) bond motifs is 1. The molecule has 4 aromatic rings. The average molecular weight is 425 g/mol. The van der Waals surface area contributed by atoms with Crippen molar-refractivity contribution in [3.63, 3.8) is 0 Å². The van der Waals surface area contributed by atoms with E-state index < -0.39 is 0 Å². The van der Waals surface area contributed by atoms with Crippen LogP contribution < -0.4 is 10.6 Å². The van der Waals surface area contributed by atoms with Crippen LogP contribution in [0.1, 0.15) is 24.1 Å². The van der Waals surface area contributed by atoms with Crippen molar-refractivity contribution in [1.82, 2.24) is 19.9 Å². The van der Waals surface area contributed by atoms with Gasteiger partial charge >= 0.3 is 0 Å². The van der Waals surface area contributed by atoms with E-state index in [0.717, 1.165) is 60.6 Å². The summed E-state index contributed by atoms with van der Waals surface area (Å²) in [6.07, 6.45) is 4.01. The molecule has 0 spiro atoms. The summed E-state index contributed by atoms with van der Waals surface area (Å²) >= 11 is 0. The Morgan fingerprint density at radius 2 is 1.72 bits per heavy atom. The van der Waals surface area contributed by atoms with E-state index in [1.807, 2.05) is 37.4 Å². The fourth-order valence-electron chi connectivity index (χ4n) is 4.31. The number of nitrogens with zero attached hydrogens (tertiary/aromatic N) is 4. The van der Waals surface area contributed by atoms with E-state index in [0.29, 0.717) is 12.0 Å². The van der Waals surface area contributed by atoms with Crippen molar-refractivity contribution >= 4 is 28.4 Å². The molecule has 0 aliphatic carbocycles. The Kier molecular flexibility index (Phi) is 5.94. The Morgan fingerprint density at radius 1 is 0.938 bits per heavy atom. The second kappa shape index (κ2) is 9.32. The number of piperidine rings is 1. The Balaban J connectivity index is 1.24. The first kappa shape index (κ1) is 20.4. The Hall–Kier alpha value is -3.51. The van der Waals surface area contributed by atoms with E-state index in [2.05, 4.69) is 68.0 Å². The van der Waals surface area contributed by atoms with Crippen molar-refractivity contribution in [2.45, 2.75) is 32.4 Å². The molecular formula is C26H28N6. The lowest BCUT2D eigenvalue weighted by Gasteiger charge is -2.32. The fraction of sp³-hybridized carbons (Fsp3) is 0.269. The van der Waals surface area contributed by atoms with Crippen molar-refractivity contribution < 1.29 is 0 Å². The van der Waals surface area contributed by atoms with Gasteiger partial charge < -0.3 is 10.6 Å². The van der Waals surface area contributed by atoms with Crippen molar-refractivity contribution in [2.24, 2.45) is 0 Å². The Labute approximate surface area is 188 Å². The summed E-state index contributed by atoms with van der Waals surface area (Å²) in [6, 6.07) is 23.3. The topological polar surface area (TPSA) is 66.0 Å². The Morgan fingerprint density at radius 3 is 2.56 bits per heavy atom. The van der Waals surface area contributed by atoms with Gasteiger partial charge in [0.2, 0.25) is 5.95 Å². The third kappa shape index (κ3) is 4.86. The van der Waals surface area contributed by atoms with Gasteiger partial charge in [-0.2, -0.15) is 4.98 Å². The first-order valence-corrected chi connectivity index (χ1v) is 11.2. The molecule has 0 bridgehead atoms. The summed E-state index contributed by atoms with van der Waals surface area (Å²) in [7, 11) is 0. The predicted octanol–water partition coefficient (Wildman–Crippen LogP) is 5.15. The zero-order valence-electron chi connectivity index (χ0n) is 18.3. The van der Waals surface area contributed by atoms with Gasteiger partial charge in [0.05, 0.1) is 0 Å². The van der Waals surface area contributed by atoms with Gasteiger partial charge in [-0.15, -0.1) is 0 Å². The van der Waals surface area contributed by atoms with Gasteiger partial charge in [-0.1, -0.05) is 54.6 Å². The molecule has 0 atom stereocenters. The van der Waals surface area contributed by atoms with Gasteiger partial charge in [0, 0.05) is 49.0 Å². The highest BCUT2D eigenvalue weighted by molar-refractivity contribution is 5.92. The summed E-state index contributed by atoms with van der Waals surface area (Å²) in [4.78, 5) is 16.3. The van der Waals surface area contributed by atoms with Crippen molar-refractivity contribution in [2.75, 3.05) is 23.7 Å². The smallest absolute Gasteiger partial charge is 0.230 e. The molecule has 2 aromatic carbocycles. The van der Waals surface area contributed by atoms with Crippen LogP contribution in [0.2, 0.25) is 0 Å². The highest BCUT2D eigenvalue weighted by Crippen LogP contribution is 2.24. The number of anilines is 3. The van der Waals surface area contributed by atoms with Crippen LogP contribution in [0.15, 0.2) is 72.9 Å². The van der Waals surface area contributed by atoms with Crippen LogP contribution in [0.3, 0.4) is 0 Å². The molecule has 1 saturated heterocycles. The minimum absolute atomic E-state index is 0.417. The monoisotopic (exact) mass is 424 g/mol. The highest BCUT2D eigenvalue weighted by atomic mass is 15.2. The first-order chi connectivity index (χ1) is 15.7. The largest absolute Gasteiger partial charge is 0.367 e. The molecule has 0 unspecified atom stereocenters. The van der Waals surface area contributed by atoms with Gasteiger partial charge in [-0.25, -0.2) is 9.97 Å². The standard InChI is InChI=1S/C26H28N6/c1-19-17-24(29-22-12-15-32(16-13-22)18-20-7-3-2-4-8-20)30-26(28-19)31-25-23-10-6-5-9-21(23)11-14-27-25/h2-11,14,17,22H,12-13,15-16,18H2,1H3,(H2,27,28,29,30,31). The lowest BCUT2D eigenvalue weighted by Crippen LogP contribution is -2.38. The minimum Gasteiger partial charge on any atom is -0.367 e. The molecular weight excluding hydrogens is 396 g/mol. The minimum atomic E-state index is 0.417. The molecule has 1 aliphatic heterocycles. The number of hydrogen-bond acceptors (Lipinski definition) is 6. The van der Waals surface area contributed by atoms with E-state index >= 15 is 0 Å². The van der Waals surface area contributed by atoms with Crippen molar-refractivity contribution in [3.05, 3.63) is 84.2 Å². The lowest BCUT2D eigenvalue weighted by atomic mass is 10.0. The van der Waals surface area contributed by atoms with Gasteiger partial charge in [0.15, 0.2) is 0 Å². The third-order valence-electron chi connectivity index (χ3n) is 5.95. The second-order valence-electron chi connectivity index (χ2n) is 8.40. The number of aromatic nitrogens is 3. The number of aryl methyl sites for hydroxylation is 1. The zero-order chi connectivity index (χ0) is 21.8. The molecule has 0 radical (unpaired) electrons. The fourth-order valence-corrected chi connectivity index (χ4v) is 4.31. The SMILES string of the molecule is Cc1cc(NC2CCN(Cc3ccccc3)CC2)nc(Nc2nccc3ccccc23)n1. The van der Waals surface area contributed by atoms with Crippen LogP contribution in [0.4, 0.5) is 17.6 Å². The molecule has 162 valence electrons.